The minimum absolute atomic E-state index is 0.0466. The van der Waals surface area contributed by atoms with Gasteiger partial charge in [0.15, 0.2) is 5.82 Å². The molecular weight excluding hydrogens is 461 g/mol. The Hall–Kier alpha value is -2.47. The zero-order chi connectivity index (χ0) is 23.9. The maximum absolute atomic E-state index is 13.0. The molecule has 1 saturated carbocycles. The molecule has 8 nitrogen and oxygen atoms in total. The third-order valence-electron chi connectivity index (χ3n) is 6.40. The predicted molar refractivity (Wildman–Crippen MR) is 110 cm³/mol. The molecule has 0 spiro atoms. The van der Waals surface area contributed by atoms with E-state index in [9.17, 15) is 26.4 Å². The van der Waals surface area contributed by atoms with E-state index in [1.165, 1.54) is 0 Å². The van der Waals surface area contributed by atoms with Crippen LogP contribution in [0.5, 0.6) is 0 Å². The maximum Gasteiger partial charge on any atom is 0.416 e. The van der Waals surface area contributed by atoms with Gasteiger partial charge in [-0.25, -0.2) is 8.42 Å². The van der Waals surface area contributed by atoms with Crippen molar-refractivity contribution in [3.05, 3.63) is 41.5 Å². The highest BCUT2D eigenvalue weighted by Gasteiger charge is 2.43. The number of amides is 1. The van der Waals surface area contributed by atoms with Gasteiger partial charge in [-0.05, 0) is 43.9 Å². The Morgan fingerprint density at radius 1 is 1.21 bits per heavy atom. The first kappa shape index (κ1) is 23.7. The number of hydrogen-bond donors (Lipinski definition) is 1. The summed E-state index contributed by atoms with van der Waals surface area (Å²) >= 11 is 0. The summed E-state index contributed by atoms with van der Waals surface area (Å²) in [7, 11) is -4.10. The van der Waals surface area contributed by atoms with E-state index in [0.717, 1.165) is 35.3 Å². The number of nitrogens with zero attached hydrogens (tertiary/aromatic N) is 3. The summed E-state index contributed by atoms with van der Waals surface area (Å²) in [6.45, 7) is 1.78. The average Bonchev–Trinajstić information content (AvgIpc) is 3.43. The van der Waals surface area contributed by atoms with Gasteiger partial charge in [-0.3, -0.25) is 4.79 Å². The molecule has 2 fully saturated rings. The summed E-state index contributed by atoms with van der Waals surface area (Å²) in [5.74, 6) is 0.257. The monoisotopic (exact) mass is 486 g/mol. The van der Waals surface area contributed by atoms with Gasteiger partial charge in [-0.15, -0.1) is 0 Å². The Bertz CT molecular complexity index is 1120. The van der Waals surface area contributed by atoms with Crippen LogP contribution in [0.25, 0.3) is 0 Å². The highest BCUT2D eigenvalue weighted by atomic mass is 32.2. The number of hydrogen-bond acceptors (Lipinski definition) is 6. The van der Waals surface area contributed by atoms with Crippen molar-refractivity contribution in [2.75, 3.05) is 13.1 Å². The molecule has 2 aromatic rings. The molecule has 0 bridgehead atoms. The lowest BCUT2D eigenvalue weighted by atomic mass is 9.92. The summed E-state index contributed by atoms with van der Waals surface area (Å²) in [6.07, 6.45) is -0.870. The van der Waals surface area contributed by atoms with E-state index in [1.54, 1.807) is 6.92 Å². The van der Waals surface area contributed by atoms with Crippen LogP contribution in [0.3, 0.4) is 0 Å². The van der Waals surface area contributed by atoms with Crippen LogP contribution in [-0.4, -0.2) is 41.9 Å². The van der Waals surface area contributed by atoms with Gasteiger partial charge < -0.3 is 9.84 Å². The van der Waals surface area contributed by atoms with E-state index < -0.39 is 38.1 Å². The quantitative estimate of drug-likeness (QED) is 0.695. The number of aryl methyl sites for hydroxylation is 1. The van der Waals surface area contributed by atoms with E-state index in [0.29, 0.717) is 30.6 Å². The highest BCUT2D eigenvalue weighted by molar-refractivity contribution is 7.89. The van der Waals surface area contributed by atoms with E-state index in [1.807, 2.05) is 0 Å². The van der Waals surface area contributed by atoms with Gasteiger partial charge in [0.25, 0.3) is 0 Å². The molecule has 0 atom stereocenters. The van der Waals surface area contributed by atoms with Crippen molar-refractivity contribution in [2.24, 2.45) is 5.92 Å². The average molecular weight is 487 g/mol. The van der Waals surface area contributed by atoms with Crippen LogP contribution in [0.2, 0.25) is 0 Å². The molecule has 0 unspecified atom stereocenters. The molecule has 1 amide bonds. The third-order valence-corrected chi connectivity index (χ3v) is 8.29. The molecule has 1 saturated heterocycles. The van der Waals surface area contributed by atoms with Crippen LogP contribution in [-0.2, 0) is 26.5 Å². The first-order valence-corrected chi connectivity index (χ1v) is 12.3. The first-order chi connectivity index (χ1) is 15.5. The topological polar surface area (TPSA) is 105 Å². The van der Waals surface area contributed by atoms with Gasteiger partial charge >= 0.3 is 6.18 Å². The zero-order valence-corrected chi connectivity index (χ0v) is 18.9. The number of alkyl halides is 3. The molecule has 0 radical (unpaired) electrons. The molecule has 1 N–H and O–H groups in total. The number of carbonyl (C=O) groups excluding carboxylic acids is 1. The number of halogens is 3. The normalized spacial score (nSPS) is 20.1. The number of sulfonamides is 1. The molecule has 180 valence electrons. The lowest BCUT2D eigenvalue weighted by Crippen LogP contribution is -2.49. The number of piperidine rings is 1. The van der Waals surface area contributed by atoms with E-state index in [4.69, 9.17) is 4.52 Å². The van der Waals surface area contributed by atoms with Crippen LogP contribution in [0.4, 0.5) is 13.2 Å². The van der Waals surface area contributed by atoms with Gasteiger partial charge in [0, 0.05) is 25.9 Å². The summed E-state index contributed by atoms with van der Waals surface area (Å²) in [6, 6.07) is 3.71. The minimum atomic E-state index is -4.63. The number of benzene rings is 1. The number of carbonyl (C=O) groups is 1. The molecular formula is C21H25F3N4O4S. The van der Waals surface area contributed by atoms with Crippen LogP contribution in [0, 0.1) is 12.8 Å². The van der Waals surface area contributed by atoms with Crippen molar-refractivity contribution in [2.45, 2.75) is 62.1 Å². The molecule has 1 aliphatic carbocycles. The lowest BCUT2D eigenvalue weighted by Gasteiger charge is -2.33. The van der Waals surface area contributed by atoms with Crippen molar-refractivity contribution in [3.63, 3.8) is 0 Å². The summed E-state index contributed by atoms with van der Waals surface area (Å²) in [4.78, 5) is 16.9. The van der Waals surface area contributed by atoms with Gasteiger partial charge in [0.2, 0.25) is 21.8 Å². The molecule has 4 rings (SSSR count). The van der Waals surface area contributed by atoms with Crippen LogP contribution in [0.1, 0.15) is 55.8 Å². The largest absolute Gasteiger partial charge is 0.416 e. The second kappa shape index (κ2) is 8.71. The molecule has 2 aliphatic rings. The second-order valence-corrected chi connectivity index (χ2v) is 10.6. The zero-order valence-electron chi connectivity index (χ0n) is 18.1. The van der Waals surface area contributed by atoms with Crippen LogP contribution < -0.4 is 5.32 Å². The van der Waals surface area contributed by atoms with Crippen LogP contribution in [0.15, 0.2) is 33.7 Å². The van der Waals surface area contributed by atoms with Crippen molar-refractivity contribution < 1.29 is 30.9 Å². The SMILES string of the molecule is Cc1nc(C2(NC(=O)C3CCN(S(=O)(=O)c4cccc(C(F)(F)F)c4)CC3)CCCC2)no1. The molecule has 1 aliphatic heterocycles. The number of nitrogens with one attached hydrogen (secondary N) is 1. The standard InChI is InChI=1S/C21H25F3N4O4S/c1-14-25-19(27-32-14)20(9-2-3-10-20)26-18(29)15-7-11-28(12-8-15)33(30,31)17-6-4-5-16(13-17)21(22,23)24/h4-6,13,15H,2-3,7-12H2,1H3,(H,26,29). The first-order valence-electron chi connectivity index (χ1n) is 10.8. The molecule has 2 heterocycles. The summed E-state index contributed by atoms with van der Waals surface area (Å²) in [5, 5.41) is 7.09. The smallest absolute Gasteiger partial charge is 0.343 e. The van der Waals surface area contributed by atoms with Crippen molar-refractivity contribution in [1.82, 2.24) is 19.8 Å². The van der Waals surface area contributed by atoms with E-state index >= 15 is 0 Å². The molecule has 12 heteroatoms. The maximum atomic E-state index is 13.0. The molecule has 1 aromatic heterocycles. The summed E-state index contributed by atoms with van der Waals surface area (Å²) in [5.41, 5.74) is -1.70. The van der Waals surface area contributed by atoms with Gasteiger partial charge in [-0.2, -0.15) is 22.5 Å². The fraction of sp³-hybridized carbons (Fsp3) is 0.571. The van der Waals surface area contributed by atoms with Crippen molar-refractivity contribution in [3.8, 4) is 0 Å². The molecule has 1 aromatic carbocycles. The third kappa shape index (κ3) is 4.77. The Kier molecular flexibility index (Phi) is 6.25. The van der Waals surface area contributed by atoms with Crippen molar-refractivity contribution in [1.29, 1.82) is 0 Å². The minimum Gasteiger partial charge on any atom is -0.343 e. The highest BCUT2D eigenvalue weighted by Crippen LogP contribution is 2.38. The Morgan fingerprint density at radius 2 is 1.88 bits per heavy atom. The van der Waals surface area contributed by atoms with E-state index in [-0.39, 0.29) is 31.8 Å². The van der Waals surface area contributed by atoms with E-state index in [2.05, 4.69) is 15.5 Å². The Morgan fingerprint density at radius 3 is 2.45 bits per heavy atom. The lowest BCUT2D eigenvalue weighted by molar-refractivity contribution is -0.137. The fourth-order valence-corrected chi connectivity index (χ4v) is 6.07. The predicted octanol–water partition coefficient (Wildman–Crippen LogP) is 3.38. The number of aromatic nitrogens is 2. The number of rotatable bonds is 5. The van der Waals surface area contributed by atoms with Gasteiger partial charge in [0.05, 0.1) is 10.5 Å². The van der Waals surface area contributed by atoms with Crippen molar-refractivity contribution >= 4 is 15.9 Å². The Labute approximate surface area is 189 Å². The second-order valence-electron chi connectivity index (χ2n) is 8.62. The molecule has 33 heavy (non-hydrogen) atoms. The van der Waals surface area contributed by atoms with Gasteiger partial charge in [0.1, 0.15) is 5.54 Å². The van der Waals surface area contributed by atoms with Gasteiger partial charge in [-0.1, -0.05) is 24.1 Å². The summed E-state index contributed by atoms with van der Waals surface area (Å²) < 4.78 is 71.0. The van der Waals surface area contributed by atoms with Crippen LogP contribution >= 0.6 is 0 Å². The Balaban J connectivity index is 1.43. The fourth-order valence-electron chi connectivity index (χ4n) is 4.55.